The number of urea groups is 1. The van der Waals surface area contributed by atoms with Crippen LogP contribution in [0.4, 0.5) is 4.79 Å². The second-order valence-electron chi connectivity index (χ2n) is 6.84. The van der Waals surface area contributed by atoms with Crippen LogP contribution in [0.1, 0.15) is 47.0 Å². The predicted molar refractivity (Wildman–Crippen MR) is 73.0 cm³/mol. The van der Waals surface area contributed by atoms with Crippen molar-refractivity contribution < 1.29 is 14.6 Å². The minimum absolute atomic E-state index is 0.00921. The van der Waals surface area contributed by atoms with Crippen LogP contribution >= 0.6 is 0 Å². The molecule has 110 valence electrons. The molecule has 5 heteroatoms. The number of ether oxygens (including phenoxy) is 1. The molecule has 1 unspecified atom stereocenters. The van der Waals surface area contributed by atoms with E-state index >= 15 is 0 Å². The average Bonchev–Trinajstić information content (AvgIpc) is 2.80. The van der Waals surface area contributed by atoms with Gasteiger partial charge in [0.05, 0.1) is 29.9 Å². The highest BCUT2D eigenvalue weighted by Crippen LogP contribution is 2.37. The summed E-state index contributed by atoms with van der Waals surface area (Å²) >= 11 is 0. The number of hydrogen-bond acceptors (Lipinski definition) is 3. The summed E-state index contributed by atoms with van der Waals surface area (Å²) in [5, 5.41) is 12.4. The minimum atomic E-state index is -0.354. The number of aliphatic hydroxyl groups excluding tert-OH is 1. The van der Waals surface area contributed by atoms with E-state index in [4.69, 9.17) is 4.74 Å². The molecule has 2 saturated heterocycles. The maximum atomic E-state index is 12.3. The maximum Gasteiger partial charge on any atom is 0.318 e. The van der Waals surface area contributed by atoms with Crippen molar-refractivity contribution in [1.29, 1.82) is 0 Å². The Morgan fingerprint density at radius 3 is 2.63 bits per heavy atom. The Labute approximate surface area is 115 Å². The lowest BCUT2D eigenvalue weighted by Crippen LogP contribution is -2.52. The normalized spacial score (nSPS) is 32.6. The SMILES string of the molecule is CC1(C)CC(NC(=O)N2CCC[C@@H]2CO)C(C)(C)O1. The summed E-state index contributed by atoms with van der Waals surface area (Å²) < 4.78 is 5.98. The molecular weight excluding hydrogens is 244 g/mol. The minimum Gasteiger partial charge on any atom is -0.394 e. The molecule has 0 spiro atoms. The number of aliphatic hydroxyl groups is 1. The Hall–Kier alpha value is -0.810. The summed E-state index contributed by atoms with van der Waals surface area (Å²) in [4.78, 5) is 14.1. The fourth-order valence-electron chi connectivity index (χ4n) is 3.31. The first-order valence-corrected chi connectivity index (χ1v) is 7.13. The number of carbonyl (C=O) groups excluding carboxylic acids is 1. The molecule has 0 radical (unpaired) electrons. The molecule has 2 aliphatic heterocycles. The van der Waals surface area contributed by atoms with Gasteiger partial charge in [-0.3, -0.25) is 0 Å². The van der Waals surface area contributed by atoms with Crippen LogP contribution in [-0.4, -0.2) is 52.5 Å². The van der Waals surface area contributed by atoms with Gasteiger partial charge in [0.1, 0.15) is 0 Å². The Morgan fingerprint density at radius 2 is 2.11 bits per heavy atom. The topological polar surface area (TPSA) is 61.8 Å². The van der Waals surface area contributed by atoms with Gasteiger partial charge in [0.2, 0.25) is 0 Å². The molecule has 2 fully saturated rings. The fraction of sp³-hybridized carbons (Fsp3) is 0.929. The van der Waals surface area contributed by atoms with E-state index in [1.807, 2.05) is 27.7 Å². The third kappa shape index (κ3) is 3.03. The maximum absolute atomic E-state index is 12.3. The molecule has 5 nitrogen and oxygen atoms in total. The molecule has 0 bridgehead atoms. The van der Waals surface area contributed by atoms with Crippen LogP contribution in [0.3, 0.4) is 0 Å². The average molecular weight is 270 g/mol. The third-order valence-corrected chi connectivity index (χ3v) is 4.22. The van der Waals surface area contributed by atoms with Crippen LogP contribution < -0.4 is 5.32 Å². The van der Waals surface area contributed by atoms with Gasteiger partial charge in [-0.15, -0.1) is 0 Å². The first-order valence-electron chi connectivity index (χ1n) is 7.13. The number of nitrogens with zero attached hydrogens (tertiary/aromatic N) is 1. The van der Waals surface area contributed by atoms with Crippen molar-refractivity contribution >= 4 is 6.03 Å². The van der Waals surface area contributed by atoms with E-state index in [0.717, 1.165) is 25.8 Å². The zero-order chi connectivity index (χ0) is 14.3. The lowest BCUT2D eigenvalue weighted by molar-refractivity contribution is -0.0693. The quantitative estimate of drug-likeness (QED) is 0.799. The Kier molecular flexibility index (Phi) is 3.80. The van der Waals surface area contributed by atoms with Crippen molar-refractivity contribution in [2.24, 2.45) is 0 Å². The van der Waals surface area contributed by atoms with E-state index < -0.39 is 0 Å². The van der Waals surface area contributed by atoms with Gasteiger partial charge >= 0.3 is 6.03 Å². The molecule has 0 aromatic rings. The summed E-state index contributed by atoms with van der Waals surface area (Å²) in [6, 6.07) is -0.0932. The second kappa shape index (κ2) is 4.94. The van der Waals surface area contributed by atoms with Crippen molar-refractivity contribution in [3.05, 3.63) is 0 Å². The summed E-state index contributed by atoms with van der Waals surface area (Å²) in [5.74, 6) is 0. The van der Waals surface area contributed by atoms with Crippen molar-refractivity contribution in [1.82, 2.24) is 10.2 Å². The highest BCUT2D eigenvalue weighted by atomic mass is 16.5. The van der Waals surface area contributed by atoms with Crippen LogP contribution in [0.15, 0.2) is 0 Å². The van der Waals surface area contributed by atoms with Crippen molar-refractivity contribution in [2.75, 3.05) is 13.2 Å². The van der Waals surface area contributed by atoms with Gasteiger partial charge in [0, 0.05) is 6.54 Å². The molecule has 2 aliphatic rings. The lowest BCUT2D eigenvalue weighted by Gasteiger charge is -2.30. The number of likely N-dealkylation sites (tertiary alicyclic amines) is 1. The summed E-state index contributed by atoms with van der Waals surface area (Å²) in [6.45, 7) is 8.90. The van der Waals surface area contributed by atoms with E-state index in [2.05, 4.69) is 5.32 Å². The summed E-state index contributed by atoms with van der Waals surface area (Å²) in [6.07, 6.45) is 2.66. The molecule has 2 N–H and O–H groups in total. The fourth-order valence-corrected chi connectivity index (χ4v) is 3.31. The van der Waals surface area contributed by atoms with Gasteiger partial charge < -0.3 is 20.1 Å². The van der Waals surface area contributed by atoms with Crippen molar-refractivity contribution in [3.63, 3.8) is 0 Å². The number of rotatable bonds is 2. The molecule has 0 aromatic heterocycles. The number of carbonyl (C=O) groups is 1. The summed E-state index contributed by atoms with van der Waals surface area (Å²) in [7, 11) is 0. The molecule has 2 amide bonds. The molecular formula is C14H26N2O3. The molecule has 0 aromatic carbocycles. The molecule has 2 heterocycles. The van der Waals surface area contributed by atoms with Crippen LogP contribution in [0.5, 0.6) is 0 Å². The monoisotopic (exact) mass is 270 g/mol. The number of hydrogen-bond donors (Lipinski definition) is 2. The Bertz CT molecular complexity index is 355. The van der Waals surface area contributed by atoms with Gasteiger partial charge in [-0.25, -0.2) is 4.79 Å². The molecule has 0 saturated carbocycles. The zero-order valence-electron chi connectivity index (χ0n) is 12.4. The highest BCUT2D eigenvalue weighted by molar-refractivity contribution is 5.75. The Morgan fingerprint density at radius 1 is 1.42 bits per heavy atom. The van der Waals surface area contributed by atoms with Crippen molar-refractivity contribution in [2.45, 2.75) is 70.2 Å². The standard InChI is InChI=1S/C14H26N2O3/c1-13(2)8-11(14(3,4)19-13)15-12(18)16-7-5-6-10(16)9-17/h10-11,17H,5-9H2,1-4H3,(H,15,18)/t10-,11?/m1/s1. The van der Waals surface area contributed by atoms with Crippen LogP contribution in [0, 0.1) is 0 Å². The predicted octanol–water partition coefficient (Wildman–Crippen LogP) is 1.50. The third-order valence-electron chi connectivity index (χ3n) is 4.22. The van der Waals surface area contributed by atoms with E-state index in [9.17, 15) is 9.90 Å². The number of nitrogens with one attached hydrogen (secondary N) is 1. The van der Waals surface area contributed by atoms with Gasteiger partial charge in [-0.05, 0) is 47.0 Å². The summed E-state index contributed by atoms with van der Waals surface area (Å²) in [5.41, 5.74) is -0.559. The van der Waals surface area contributed by atoms with Crippen LogP contribution in [0.25, 0.3) is 0 Å². The zero-order valence-corrected chi connectivity index (χ0v) is 12.4. The van der Waals surface area contributed by atoms with Gasteiger partial charge in [-0.2, -0.15) is 0 Å². The smallest absolute Gasteiger partial charge is 0.318 e. The van der Waals surface area contributed by atoms with Gasteiger partial charge in [-0.1, -0.05) is 0 Å². The first kappa shape index (κ1) is 14.6. The lowest BCUT2D eigenvalue weighted by atomic mass is 9.94. The van der Waals surface area contributed by atoms with E-state index in [-0.39, 0.29) is 35.9 Å². The Balaban J connectivity index is 1.99. The van der Waals surface area contributed by atoms with Gasteiger partial charge in [0.15, 0.2) is 0 Å². The van der Waals surface area contributed by atoms with Crippen molar-refractivity contribution in [3.8, 4) is 0 Å². The first-order chi connectivity index (χ1) is 8.75. The van der Waals surface area contributed by atoms with Crippen LogP contribution in [0.2, 0.25) is 0 Å². The highest BCUT2D eigenvalue weighted by Gasteiger charge is 2.47. The largest absolute Gasteiger partial charge is 0.394 e. The van der Waals surface area contributed by atoms with E-state index in [1.165, 1.54) is 0 Å². The molecule has 19 heavy (non-hydrogen) atoms. The number of amides is 2. The van der Waals surface area contributed by atoms with Gasteiger partial charge in [0.25, 0.3) is 0 Å². The molecule has 2 atom stereocenters. The second-order valence-corrected chi connectivity index (χ2v) is 6.84. The molecule has 2 rings (SSSR count). The van der Waals surface area contributed by atoms with Crippen LogP contribution in [-0.2, 0) is 4.74 Å². The van der Waals surface area contributed by atoms with E-state index in [1.54, 1.807) is 4.90 Å². The molecule has 0 aliphatic carbocycles. The van der Waals surface area contributed by atoms with E-state index in [0.29, 0.717) is 0 Å².